The highest BCUT2D eigenvalue weighted by Gasteiger charge is 2.21. The van der Waals surface area contributed by atoms with Crippen molar-refractivity contribution in [3.63, 3.8) is 0 Å². The first kappa shape index (κ1) is 20.1. The number of hydrogen-bond acceptors (Lipinski definition) is 4. The Morgan fingerprint density at radius 3 is 2.41 bits per heavy atom. The second-order valence-corrected chi connectivity index (χ2v) is 7.99. The summed E-state index contributed by atoms with van der Waals surface area (Å²) in [6, 6.07) is 21.2. The van der Waals surface area contributed by atoms with E-state index >= 15 is 0 Å². The summed E-state index contributed by atoms with van der Waals surface area (Å²) in [7, 11) is 3.05. The average Bonchev–Trinajstić information content (AvgIpc) is 3.16. The van der Waals surface area contributed by atoms with Gasteiger partial charge in [0.2, 0.25) is 0 Å². The summed E-state index contributed by atoms with van der Waals surface area (Å²) >= 11 is 5.99. The largest absolute Gasteiger partial charge is 0.425 e. The molecule has 0 bridgehead atoms. The molecule has 0 aliphatic rings. The second-order valence-electron chi connectivity index (χ2n) is 7.55. The van der Waals surface area contributed by atoms with Gasteiger partial charge in [0.15, 0.2) is 11.2 Å². The Bertz CT molecular complexity index is 1590. The zero-order valence-electron chi connectivity index (χ0n) is 17.4. The van der Waals surface area contributed by atoms with Crippen LogP contribution in [0.25, 0.3) is 21.9 Å². The molecular formula is C24H19ClN4O3. The van der Waals surface area contributed by atoms with E-state index in [9.17, 15) is 9.59 Å². The molecule has 32 heavy (non-hydrogen) atoms. The first-order valence-corrected chi connectivity index (χ1v) is 10.4. The zero-order chi connectivity index (χ0) is 22.4. The van der Waals surface area contributed by atoms with Crippen LogP contribution in [0.5, 0.6) is 11.8 Å². The summed E-state index contributed by atoms with van der Waals surface area (Å²) < 4.78 is 10.2. The maximum atomic E-state index is 13.1. The molecule has 0 amide bonds. The van der Waals surface area contributed by atoms with Gasteiger partial charge >= 0.3 is 11.7 Å². The number of rotatable bonds is 4. The summed E-state index contributed by atoms with van der Waals surface area (Å²) in [6.45, 7) is 0.341. The quantitative estimate of drug-likeness (QED) is 0.417. The van der Waals surface area contributed by atoms with Crippen molar-refractivity contribution >= 4 is 33.5 Å². The fourth-order valence-corrected chi connectivity index (χ4v) is 3.99. The van der Waals surface area contributed by atoms with Crippen molar-refractivity contribution in [2.24, 2.45) is 14.1 Å². The van der Waals surface area contributed by atoms with Gasteiger partial charge in [0.1, 0.15) is 5.75 Å². The molecule has 0 radical (unpaired) electrons. The molecule has 5 rings (SSSR count). The lowest BCUT2D eigenvalue weighted by molar-refractivity contribution is 0.421. The molecule has 0 saturated heterocycles. The monoisotopic (exact) mass is 446 g/mol. The fourth-order valence-electron chi connectivity index (χ4n) is 3.86. The van der Waals surface area contributed by atoms with E-state index in [0.29, 0.717) is 22.8 Å². The number of hydrogen-bond donors (Lipinski definition) is 0. The maximum Gasteiger partial charge on any atom is 0.332 e. The van der Waals surface area contributed by atoms with Crippen LogP contribution in [0.4, 0.5) is 0 Å². The van der Waals surface area contributed by atoms with Crippen LogP contribution in [-0.4, -0.2) is 18.7 Å². The Kier molecular flexibility index (Phi) is 4.83. The number of aromatic nitrogens is 4. The van der Waals surface area contributed by atoms with Gasteiger partial charge in [-0.25, -0.2) is 4.79 Å². The smallest absolute Gasteiger partial charge is 0.332 e. The summed E-state index contributed by atoms with van der Waals surface area (Å²) in [5.41, 5.74) is 0.685. The van der Waals surface area contributed by atoms with E-state index in [2.05, 4.69) is 4.98 Å². The fraction of sp³-hybridized carbons (Fsp3) is 0.125. The van der Waals surface area contributed by atoms with Crippen LogP contribution in [0.1, 0.15) is 5.56 Å². The third-order valence-electron chi connectivity index (χ3n) is 5.54. The van der Waals surface area contributed by atoms with E-state index in [0.717, 1.165) is 20.9 Å². The van der Waals surface area contributed by atoms with Crippen LogP contribution in [0.3, 0.4) is 0 Å². The lowest BCUT2D eigenvalue weighted by Gasteiger charge is -2.12. The molecule has 0 unspecified atom stereocenters. The molecule has 0 atom stereocenters. The standard InChI is InChI=1S/C24H19ClN4O3/c1-27-21-20(22(30)28(2)24(27)31)29(23(26-21)32-18-12-10-17(25)11-13-18)14-16-8-5-7-15-6-3-4-9-19(15)16/h3-13H,14H2,1-2H3. The summed E-state index contributed by atoms with van der Waals surface area (Å²) in [4.78, 5) is 30.1. The highest BCUT2D eigenvalue weighted by Crippen LogP contribution is 2.28. The second kappa shape index (κ2) is 7.69. The predicted octanol–water partition coefficient (Wildman–Crippen LogP) is 4.08. The van der Waals surface area contributed by atoms with E-state index in [1.54, 1.807) is 35.9 Å². The molecule has 0 N–H and O–H groups in total. The summed E-state index contributed by atoms with van der Waals surface area (Å²) in [5, 5.41) is 2.74. The van der Waals surface area contributed by atoms with Crippen molar-refractivity contribution in [3.05, 3.63) is 98.2 Å². The van der Waals surface area contributed by atoms with E-state index in [4.69, 9.17) is 16.3 Å². The molecule has 2 aromatic heterocycles. The van der Waals surface area contributed by atoms with Crippen molar-refractivity contribution in [3.8, 4) is 11.8 Å². The summed E-state index contributed by atoms with van der Waals surface area (Å²) in [5.74, 6) is 0.519. The molecule has 3 aromatic carbocycles. The topological polar surface area (TPSA) is 71.1 Å². The SMILES string of the molecule is Cn1c(=O)c2c(nc(Oc3ccc(Cl)cc3)n2Cc2cccc3ccccc23)n(C)c1=O. The third kappa shape index (κ3) is 3.27. The van der Waals surface area contributed by atoms with Crippen LogP contribution in [-0.2, 0) is 20.6 Å². The zero-order valence-corrected chi connectivity index (χ0v) is 18.2. The number of halogens is 1. The summed E-state index contributed by atoms with van der Waals surface area (Å²) in [6.07, 6.45) is 0. The van der Waals surface area contributed by atoms with Crippen LogP contribution < -0.4 is 16.0 Å². The van der Waals surface area contributed by atoms with Gasteiger partial charge < -0.3 is 4.74 Å². The van der Waals surface area contributed by atoms with Crippen LogP contribution in [0, 0.1) is 0 Å². The number of nitrogens with zero attached hydrogens (tertiary/aromatic N) is 4. The Morgan fingerprint density at radius 1 is 0.906 bits per heavy atom. The van der Waals surface area contributed by atoms with Gasteiger partial charge in [0, 0.05) is 19.1 Å². The van der Waals surface area contributed by atoms with Crippen molar-refractivity contribution in [1.82, 2.24) is 18.7 Å². The van der Waals surface area contributed by atoms with Crippen molar-refractivity contribution in [2.75, 3.05) is 0 Å². The molecule has 2 heterocycles. The molecule has 5 aromatic rings. The molecule has 8 heteroatoms. The molecule has 0 saturated carbocycles. The third-order valence-corrected chi connectivity index (χ3v) is 5.80. The minimum atomic E-state index is -0.449. The Balaban J connectivity index is 1.75. The number of imidazole rings is 1. The molecule has 0 spiro atoms. The molecule has 0 aliphatic carbocycles. The van der Waals surface area contributed by atoms with Crippen molar-refractivity contribution < 1.29 is 4.74 Å². The van der Waals surface area contributed by atoms with Gasteiger partial charge in [0.05, 0.1) is 6.54 Å². The van der Waals surface area contributed by atoms with Gasteiger partial charge in [-0.3, -0.25) is 18.5 Å². The maximum absolute atomic E-state index is 13.1. The van der Waals surface area contributed by atoms with Crippen molar-refractivity contribution in [1.29, 1.82) is 0 Å². The minimum Gasteiger partial charge on any atom is -0.425 e. The predicted molar refractivity (Wildman–Crippen MR) is 125 cm³/mol. The Morgan fingerprint density at radius 2 is 1.62 bits per heavy atom. The number of ether oxygens (including phenoxy) is 1. The first-order chi connectivity index (χ1) is 15.4. The molecule has 7 nitrogen and oxygen atoms in total. The number of fused-ring (bicyclic) bond motifs is 2. The highest BCUT2D eigenvalue weighted by molar-refractivity contribution is 6.30. The lowest BCUT2D eigenvalue weighted by atomic mass is 10.0. The average molecular weight is 447 g/mol. The molecule has 0 aliphatic heterocycles. The van der Waals surface area contributed by atoms with E-state index in [1.807, 2.05) is 42.5 Å². The van der Waals surface area contributed by atoms with E-state index in [1.165, 1.54) is 11.6 Å². The normalized spacial score (nSPS) is 11.3. The first-order valence-electron chi connectivity index (χ1n) is 10.0. The van der Waals surface area contributed by atoms with Crippen LogP contribution in [0.2, 0.25) is 5.02 Å². The van der Waals surface area contributed by atoms with Gasteiger partial charge in [0.25, 0.3) is 5.56 Å². The highest BCUT2D eigenvalue weighted by atomic mass is 35.5. The van der Waals surface area contributed by atoms with Crippen LogP contribution >= 0.6 is 11.6 Å². The van der Waals surface area contributed by atoms with Gasteiger partial charge in [-0.15, -0.1) is 0 Å². The van der Waals surface area contributed by atoms with Gasteiger partial charge in [-0.1, -0.05) is 54.1 Å². The Hall–Kier alpha value is -3.84. The van der Waals surface area contributed by atoms with Gasteiger partial charge in [-0.05, 0) is 40.6 Å². The van der Waals surface area contributed by atoms with Gasteiger partial charge in [-0.2, -0.15) is 4.98 Å². The van der Waals surface area contributed by atoms with E-state index < -0.39 is 11.2 Å². The number of benzene rings is 3. The Labute approximate surface area is 187 Å². The molecule has 0 fully saturated rings. The molecule has 160 valence electrons. The molecular weight excluding hydrogens is 428 g/mol. The lowest BCUT2D eigenvalue weighted by Crippen LogP contribution is -2.37. The minimum absolute atomic E-state index is 0.216. The van der Waals surface area contributed by atoms with Crippen LogP contribution in [0.15, 0.2) is 76.3 Å². The van der Waals surface area contributed by atoms with Crippen molar-refractivity contribution in [2.45, 2.75) is 6.54 Å². The van der Waals surface area contributed by atoms with E-state index in [-0.39, 0.29) is 11.7 Å². The number of aryl methyl sites for hydroxylation is 1.